The van der Waals surface area contributed by atoms with Gasteiger partial charge in [-0.1, -0.05) is 31.7 Å². The lowest BCUT2D eigenvalue weighted by Crippen LogP contribution is -2.65. The molecule has 33 heavy (non-hydrogen) atoms. The number of aryl methyl sites for hydroxylation is 1. The molecule has 2 amide bonds. The highest BCUT2D eigenvalue weighted by Gasteiger charge is 2.49. The maximum absolute atomic E-state index is 13.9. The van der Waals surface area contributed by atoms with E-state index < -0.39 is 5.54 Å². The van der Waals surface area contributed by atoms with Crippen LogP contribution in [0, 0.1) is 6.92 Å². The van der Waals surface area contributed by atoms with E-state index >= 15 is 0 Å². The van der Waals surface area contributed by atoms with Crippen molar-refractivity contribution >= 4 is 28.6 Å². The number of methoxy groups -OCH3 is 1. The summed E-state index contributed by atoms with van der Waals surface area (Å²) in [5, 5.41) is 3.29. The fraction of sp³-hybridized carbons (Fsp3) is 0.462. The second-order valence-corrected chi connectivity index (χ2v) is 9.50. The minimum Gasteiger partial charge on any atom is -0.497 e. The van der Waals surface area contributed by atoms with Crippen LogP contribution in [0.15, 0.2) is 40.8 Å². The average Bonchev–Trinajstić information content (AvgIpc) is 3.19. The van der Waals surface area contributed by atoms with Crippen molar-refractivity contribution in [1.29, 1.82) is 0 Å². The Morgan fingerprint density at radius 2 is 1.91 bits per heavy atom. The second-order valence-electron chi connectivity index (χ2n) is 9.50. The first-order valence-corrected chi connectivity index (χ1v) is 11.8. The van der Waals surface area contributed by atoms with Crippen LogP contribution in [-0.4, -0.2) is 35.1 Å². The topological polar surface area (TPSA) is 76.7 Å². The fourth-order valence-electron chi connectivity index (χ4n) is 5.32. The molecule has 0 bridgehead atoms. The molecule has 0 saturated heterocycles. The Morgan fingerprint density at radius 1 is 1.15 bits per heavy atom. The normalized spacial score (nSPS) is 21.7. The standard InChI is InChI=1S/C26H31N3O4/c1-17-13-21-23(33-17)15-22-24(30)29(19-11-8-12-20(14-19)32-3)26(2,16-28(21)22)25(31)27-18-9-6-4-5-7-10-18/h8,11-15,18H,4-7,9-10,16H2,1-3H3,(H,27,31). The van der Waals surface area contributed by atoms with Crippen LogP contribution in [-0.2, 0) is 11.3 Å². The van der Waals surface area contributed by atoms with Gasteiger partial charge < -0.3 is 19.0 Å². The zero-order valence-corrected chi connectivity index (χ0v) is 19.5. The summed E-state index contributed by atoms with van der Waals surface area (Å²) in [4.78, 5) is 29.4. The van der Waals surface area contributed by atoms with Crippen molar-refractivity contribution in [2.75, 3.05) is 12.0 Å². The Morgan fingerprint density at radius 3 is 2.64 bits per heavy atom. The number of nitrogens with zero attached hydrogens (tertiary/aromatic N) is 2. The van der Waals surface area contributed by atoms with Gasteiger partial charge in [0, 0.05) is 29.9 Å². The van der Waals surface area contributed by atoms with Crippen molar-refractivity contribution in [1.82, 2.24) is 9.88 Å². The van der Waals surface area contributed by atoms with Gasteiger partial charge in [0.25, 0.3) is 5.91 Å². The van der Waals surface area contributed by atoms with E-state index in [2.05, 4.69) is 5.32 Å². The van der Waals surface area contributed by atoms with Crippen LogP contribution in [0.1, 0.15) is 61.7 Å². The van der Waals surface area contributed by atoms with E-state index in [0.29, 0.717) is 29.3 Å². The number of aromatic nitrogens is 1. The van der Waals surface area contributed by atoms with Crippen LogP contribution >= 0.6 is 0 Å². The van der Waals surface area contributed by atoms with Crippen LogP contribution in [0.5, 0.6) is 5.75 Å². The quantitative estimate of drug-likeness (QED) is 0.580. The molecule has 1 N–H and O–H groups in total. The lowest BCUT2D eigenvalue weighted by molar-refractivity contribution is -0.127. The highest BCUT2D eigenvalue weighted by molar-refractivity contribution is 6.13. The molecule has 1 atom stereocenters. The van der Waals surface area contributed by atoms with E-state index in [1.807, 2.05) is 48.7 Å². The molecule has 3 aromatic rings. The van der Waals surface area contributed by atoms with Gasteiger partial charge in [-0.25, -0.2) is 0 Å². The number of furan rings is 1. The number of anilines is 1. The fourth-order valence-corrected chi connectivity index (χ4v) is 5.32. The van der Waals surface area contributed by atoms with E-state index in [9.17, 15) is 9.59 Å². The maximum atomic E-state index is 13.9. The molecule has 1 saturated carbocycles. The van der Waals surface area contributed by atoms with Crippen LogP contribution in [0.2, 0.25) is 0 Å². The number of ether oxygens (including phenoxy) is 1. The van der Waals surface area contributed by atoms with Gasteiger partial charge in [0.1, 0.15) is 22.7 Å². The van der Waals surface area contributed by atoms with Gasteiger partial charge in [-0.05, 0) is 38.8 Å². The summed E-state index contributed by atoms with van der Waals surface area (Å²) in [5.74, 6) is 1.06. The predicted octanol–water partition coefficient (Wildman–Crippen LogP) is 4.81. The van der Waals surface area contributed by atoms with Crippen molar-refractivity contribution in [3.63, 3.8) is 0 Å². The molecule has 2 aliphatic rings. The maximum Gasteiger partial charge on any atom is 0.276 e. The predicted molar refractivity (Wildman–Crippen MR) is 127 cm³/mol. The zero-order chi connectivity index (χ0) is 23.2. The largest absolute Gasteiger partial charge is 0.497 e. The third kappa shape index (κ3) is 3.69. The van der Waals surface area contributed by atoms with E-state index in [0.717, 1.165) is 37.0 Å². The van der Waals surface area contributed by atoms with Gasteiger partial charge in [-0.2, -0.15) is 0 Å². The first-order valence-electron chi connectivity index (χ1n) is 11.8. The molecule has 174 valence electrons. The van der Waals surface area contributed by atoms with Crippen LogP contribution in [0.25, 0.3) is 11.1 Å². The molecule has 7 nitrogen and oxygen atoms in total. The summed E-state index contributed by atoms with van der Waals surface area (Å²) < 4.78 is 13.1. The third-order valence-electron chi connectivity index (χ3n) is 7.09. The summed E-state index contributed by atoms with van der Waals surface area (Å²) in [6, 6.07) is 11.2. The first kappa shape index (κ1) is 21.6. The SMILES string of the molecule is COc1cccc(N2C(=O)c3cc4oc(C)cc4n3CC2(C)C(=O)NC2CCCCCC2)c1. The van der Waals surface area contributed by atoms with Gasteiger partial charge in [0.2, 0.25) is 5.91 Å². The summed E-state index contributed by atoms with van der Waals surface area (Å²) in [5.41, 5.74) is 1.55. The van der Waals surface area contributed by atoms with Gasteiger partial charge in [-0.15, -0.1) is 0 Å². The molecule has 1 aromatic carbocycles. The number of hydrogen-bond donors (Lipinski definition) is 1. The number of benzene rings is 1. The average molecular weight is 450 g/mol. The van der Waals surface area contributed by atoms with Crippen molar-refractivity contribution in [3.05, 3.63) is 47.9 Å². The van der Waals surface area contributed by atoms with E-state index in [1.54, 1.807) is 18.1 Å². The Bertz CT molecular complexity index is 1200. The number of nitrogens with one attached hydrogen (secondary N) is 1. The van der Waals surface area contributed by atoms with Gasteiger partial charge in [-0.3, -0.25) is 14.5 Å². The van der Waals surface area contributed by atoms with Crippen LogP contribution < -0.4 is 15.0 Å². The molecule has 1 aliphatic carbocycles. The van der Waals surface area contributed by atoms with Crippen molar-refractivity contribution < 1.29 is 18.7 Å². The van der Waals surface area contributed by atoms with Crippen LogP contribution in [0.3, 0.4) is 0 Å². The summed E-state index contributed by atoms with van der Waals surface area (Å²) >= 11 is 0. The molecule has 5 rings (SSSR count). The monoisotopic (exact) mass is 449 g/mol. The number of carbonyl (C=O) groups is 2. The molecule has 1 unspecified atom stereocenters. The van der Waals surface area contributed by atoms with E-state index in [4.69, 9.17) is 9.15 Å². The zero-order valence-electron chi connectivity index (χ0n) is 19.5. The Labute approximate surface area is 193 Å². The summed E-state index contributed by atoms with van der Waals surface area (Å²) in [6.45, 7) is 4.09. The Kier molecular flexibility index (Phi) is 5.43. The molecule has 2 aromatic heterocycles. The molecular formula is C26H31N3O4. The van der Waals surface area contributed by atoms with Crippen molar-refractivity contribution in [3.8, 4) is 5.75 Å². The number of carbonyl (C=O) groups excluding carboxylic acids is 2. The number of hydrogen-bond acceptors (Lipinski definition) is 4. The Hall–Kier alpha value is -3.22. The lowest BCUT2D eigenvalue weighted by atomic mass is 9.92. The molecule has 1 fully saturated rings. The van der Waals surface area contributed by atoms with Gasteiger partial charge in [0.05, 0.1) is 19.2 Å². The highest BCUT2D eigenvalue weighted by atomic mass is 16.5. The van der Waals surface area contributed by atoms with Crippen LogP contribution in [0.4, 0.5) is 5.69 Å². The number of fused-ring (bicyclic) bond motifs is 3. The van der Waals surface area contributed by atoms with Gasteiger partial charge in [0.15, 0.2) is 5.58 Å². The molecule has 0 spiro atoms. The molecule has 1 aliphatic heterocycles. The molecule has 7 heteroatoms. The molecule has 3 heterocycles. The van der Waals surface area contributed by atoms with Crippen molar-refractivity contribution in [2.24, 2.45) is 0 Å². The summed E-state index contributed by atoms with van der Waals surface area (Å²) in [6.07, 6.45) is 6.63. The van der Waals surface area contributed by atoms with Crippen molar-refractivity contribution in [2.45, 2.75) is 70.5 Å². The minimum absolute atomic E-state index is 0.127. The number of rotatable bonds is 4. The second kappa shape index (κ2) is 8.28. The minimum atomic E-state index is -1.11. The first-order chi connectivity index (χ1) is 15.9. The highest BCUT2D eigenvalue weighted by Crippen LogP contribution is 2.38. The number of amides is 2. The van der Waals surface area contributed by atoms with E-state index in [1.165, 1.54) is 12.8 Å². The molecule has 0 radical (unpaired) electrons. The lowest BCUT2D eigenvalue weighted by Gasteiger charge is -2.44. The Balaban J connectivity index is 1.59. The van der Waals surface area contributed by atoms with Gasteiger partial charge >= 0.3 is 0 Å². The summed E-state index contributed by atoms with van der Waals surface area (Å²) in [7, 11) is 1.59. The third-order valence-corrected chi connectivity index (χ3v) is 7.09. The van der Waals surface area contributed by atoms with E-state index in [-0.39, 0.29) is 17.9 Å². The molecular weight excluding hydrogens is 418 g/mol. The smallest absolute Gasteiger partial charge is 0.276 e.